The number of nitrogens with zero attached hydrogens (tertiary/aromatic N) is 1. The summed E-state index contributed by atoms with van der Waals surface area (Å²) in [7, 11) is -3.37. The average molecular weight is 355 g/mol. The van der Waals surface area contributed by atoms with Gasteiger partial charge in [0.25, 0.3) is 0 Å². The normalized spacial score (nSPS) is 12.9. The first-order valence-corrected chi connectivity index (χ1v) is 10.4. The third-order valence-electron chi connectivity index (χ3n) is 4.19. The molecule has 0 saturated carbocycles. The Morgan fingerprint density at radius 2 is 1.75 bits per heavy atom. The lowest BCUT2D eigenvalue weighted by Gasteiger charge is -2.23. The van der Waals surface area contributed by atoms with Crippen molar-refractivity contribution in [3.05, 3.63) is 29.8 Å². The van der Waals surface area contributed by atoms with Crippen LogP contribution in [-0.4, -0.2) is 33.2 Å². The first-order valence-electron chi connectivity index (χ1n) is 8.51. The highest BCUT2D eigenvalue weighted by atomic mass is 32.2. The Morgan fingerprint density at radius 3 is 2.21 bits per heavy atom. The molecule has 1 rings (SSSR count). The molecule has 0 aliphatic carbocycles. The van der Waals surface area contributed by atoms with E-state index in [1.807, 2.05) is 31.2 Å². The first kappa shape index (κ1) is 20.5. The molecule has 0 aliphatic rings. The molecule has 1 atom stereocenters. The summed E-state index contributed by atoms with van der Waals surface area (Å²) in [5.41, 5.74) is 1.81. The van der Waals surface area contributed by atoms with E-state index < -0.39 is 10.0 Å². The second kappa shape index (κ2) is 9.06. The molecular formula is C18H30N2O3S. The summed E-state index contributed by atoms with van der Waals surface area (Å²) in [6, 6.07) is 7.63. The molecule has 0 unspecified atom stereocenters. The molecule has 5 nitrogen and oxygen atoms in total. The number of anilines is 1. The third-order valence-corrected chi connectivity index (χ3v) is 5.38. The number of benzene rings is 1. The number of carbonyl (C=O) groups excluding carboxylic acids is 1. The minimum atomic E-state index is -3.37. The predicted molar refractivity (Wildman–Crippen MR) is 99.7 cm³/mol. The Bertz CT molecular complexity index is 624. The molecule has 0 heterocycles. The quantitative estimate of drug-likeness (QED) is 0.741. The van der Waals surface area contributed by atoms with Crippen LogP contribution in [0.2, 0.25) is 0 Å². The summed E-state index contributed by atoms with van der Waals surface area (Å²) in [5, 5.41) is 2.94. The van der Waals surface area contributed by atoms with Crippen molar-refractivity contribution >= 4 is 21.6 Å². The zero-order valence-electron chi connectivity index (χ0n) is 15.4. The lowest BCUT2D eigenvalue weighted by Crippen LogP contribution is -2.37. The summed E-state index contributed by atoms with van der Waals surface area (Å²) in [4.78, 5) is 11.9. The Balaban J connectivity index is 2.66. The van der Waals surface area contributed by atoms with Gasteiger partial charge in [-0.15, -0.1) is 0 Å². The molecule has 0 fully saturated rings. The summed E-state index contributed by atoms with van der Waals surface area (Å²) in [6.07, 6.45) is 2.91. The van der Waals surface area contributed by atoms with E-state index in [9.17, 15) is 13.2 Å². The van der Waals surface area contributed by atoms with Gasteiger partial charge in [0, 0.05) is 19.0 Å². The number of aryl methyl sites for hydroxylation is 1. The van der Waals surface area contributed by atoms with Gasteiger partial charge in [0.15, 0.2) is 0 Å². The monoisotopic (exact) mass is 354 g/mol. The van der Waals surface area contributed by atoms with Gasteiger partial charge in [-0.25, -0.2) is 8.42 Å². The zero-order valence-corrected chi connectivity index (χ0v) is 16.2. The van der Waals surface area contributed by atoms with Gasteiger partial charge in [0.1, 0.15) is 0 Å². The summed E-state index contributed by atoms with van der Waals surface area (Å²) < 4.78 is 25.5. The molecule has 0 saturated heterocycles. The fraction of sp³-hybridized carbons (Fsp3) is 0.611. The predicted octanol–water partition coefficient (Wildman–Crippen LogP) is 2.96. The number of amides is 1. The van der Waals surface area contributed by atoms with E-state index in [1.165, 1.54) is 10.6 Å². The second-order valence-corrected chi connectivity index (χ2v) is 8.47. The van der Waals surface area contributed by atoms with Crippen molar-refractivity contribution in [1.29, 1.82) is 0 Å². The van der Waals surface area contributed by atoms with E-state index in [0.29, 0.717) is 31.0 Å². The van der Waals surface area contributed by atoms with Crippen LogP contribution in [0.1, 0.15) is 46.1 Å². The maximum atomic E-state index is 12.1. The molecular weight excluding hydrogens is 324 g/mol. The molecule has 1 amide bonds. The van der Waals surface area contributed by atoms with Gasteiger partial charge in [-0.2, -0.15) is 0 Å². The minimum Gasteiger partial charge on any atom is -0.353 e. The molecule has 0 aliphatic heterocycles. The van der Waals surface area contributed by atoms with Gasteiger partial charge in [-0.05, 0) is 43.4 Å². The molecule has 6 heteroatoms. The fourth-order valence-corrected chi connectivity index (χ4v) is 3.23. The number of hydrogen-bond donors (Lipinski definition) is 1. The molecule has 1 aromatic rings. The third kappa shape index (κ3) is 6.51. The smallest absolute Gasteiger partial charge is 0.232 e. The summed E-state index contributed by atoms with van der Waals surface area (Å²) in [6.45, 7) is 8.43. The van der Waals surface area contributed by atoms with Gasteiger partial charge in [-0.1, -0.05) is 32.9 Å². The molecule has 0 bridgehead atoms. The molecule has 0 spiro atoms. The van der Waals surface area contributed by atoms with Crippen molar-refractivity contribution in [1.82, 2.24) is 5.32 Å². The highest BCUT2D eigenvalue weighted by Crippen LogP contribution is 2.19. The molecule has 136 valence electrons. The van der Waals surface area contributed by atoms with Gasteiger partial charge < -0.3 is 5.32 Å². The van der Waals surface area contributed by atoms with E-state index in [4.69, 9.17) is 0 Å². The second-order valence-electron chi connectivity index (χ2n) is 6.56. The van der Waals surface area contributed by atoms with Crippen molar-refractivity contribution in [2.24, 2.45) is 5.92 Å². The van der Waals surface area contributed by atoms with Gasteiger partial charge in [-0.3, -0.25) is 9.10 Å². The van der Waals surface area contributed by atoms with E-state index in [1.54, 1.807) is 0 Å². The fourth-order valence-electron chi connectivity index (χ4n) is 2.26. The van der Waals surface area contributed by atoms with E-state index >= 15 is 0 Å². The van der Waals surface area contributed by atoms with Crippen LogP contribution in [0.4, 0.5) is 5.69 Å². The van der Waals surface area contributed by atoms with Crippen molar-refractivity contribution in [3.8, 4) is 0 Å². The molecule has 1 N–H and O–H groups in total. The number of nitrogens with one attached hydrogen (secondary N) is 1. The number of hydrogen-bond acceptors (Lipinski definition) is 3. The zero-order chi connectivity index (χ0) is 18.3. The summed E-state index contributed by atoms with van der Waals surface area (Å²) >= 11 is 0. The topological polar surface area (TPSA) is 66.5 Å². The Labute approximate surface area is 146 Å². The van der Waals surface area contributed by atoms with Gasteiger partial charge in [0.05, 0.1) is 11.9 Å². The van der Waals surface area contributed by atoms with E-state index in [2.05, 4.69) is 26.1 Å². The van der Waals surface area contributed by atoms with Crippen LogP contribution < -0.4 is 9.62 Å². The van der Waals surface area contributed by atoms with Crippen molar-refractivity contribution < 1.29 is 13.2 Å². The van der Waals surface area contributed by atoms with Gasteiger partial charge in [0.2, 0.25) is 15.9 Å². The highest BCUT2D eigenvalue weighted by molar-refractivity contribution is 7.92. The van der Waals surface area contributed by atoms with Gasteiger partial charge >= 0.3 is 0 Å². The lowest BCUT2D eigenvalue weighted by atomic mass is 10.1. The van der Waals surface area contributed by atoms with Crippen LogP contribution >= 0.6 is 0 Å². The van der Waals surface area contributed by atoms with Crippen LogP contribution in [0, 0.1) is 5.92 Å². The van der Waals surface area contributed by atoms with E-state index in [0.717, 1.165) is 12.0 Å². The maximum absolute atomic E-state index is 12.1. The van der Waals surface area contributed by atoms with Crippen LogP contribution in [0.3, 0.4) is 0 Å². The van der Waals surface area contributed by atoms with Crippen molar-refractivity contribution in [2.75, 3.05) is 17.1 Å². The Kier molecular flexibility index (Phi) is 7.73. The standard InChI is InChI=1S/C18H30N2O3S/c1-6-16-9-11-17(12-10-16)20(24(5,22)23)13-7-8-18(21)19-15(4)14(2)3/h9-12,14-15H,6-8,13H2,1-5H3,(H,19,21)/t15-/m1/s1. The number of rotatable bonds is 9. The maximum Gasteiger partial charge on any atom is 0.232 e. The minimum absolute atomic E-state index is 0.0361. The molecule has 1 aromatic carbocycles. The van der Waals surface area contributed by atoms with Crippen LogP contribution in [-0.2, 0) is 21.2 Å². The van der Waals surface area contributed by atoms with Crippen LogP contribution in [0.5, 0.6) is 0 Å². The largest absolute Gasteiger partial charge is 0.353 e. The number of sulfonamides is 1. The SMILES string of the molecule is CCc1ccc(N(CCCC(=O)N[C@H](C)C(C)C)S(C)(=O)=O)cc1. The Hall–Kier alpha value is -1.56. The van der Waals surface area contributed by atoms with Crippen LogP contribution in [0.25, 0.3) is 0 Å². The Morgan fingerprint density at radius 1 is 1.17 bits per heavy atom. The molecule has 0 aromatic heterocycles. The number of carbonyl (C=O) groups is 1. The van der Waals surface area contributed by atoms with Crippen molar-refractivity contribution in [3.63, 3.8) is 0 Å². The molecule has 0 radical (unpaired) electrons. The summed E-state index contributed by atoms with van der Waals surface area (Å²) in [5.74, 6) is 0.338. The first-order chi connectivity index (χ1) is 11.1. The molecule has 24 heavy (non-hydrogen) atoms. The lowest BCUT2D eigenvalue weighted by molar-refractivity contribution is -0.122. The van der Waals surface area contributed by atoms with Crippen LogP contribution in [0.15, 0.2) is 24.3 Å². The van der Waals surface area contributed by atoms with E-state index in [-0.39, 0.29) is 11.9 Å². The highest BCUT2D eigenvalue weighted by Gasteiger charge is 2.18. The average Bonchev–Trinajstić information content (AvgIpc) is 2.50. The van der Waals surface area contributed by atoms with Crippen molar-refractivity contribution in [2.45, 2.75) is 53.0 Å².